The van der Waals surface area contributed by atoms with E-state index in [0.29, 0.717) is 5.82 Å². The van der Waals surface area contributed by atoms with Crippen molar-refractivity contribution in [2.75, 3.05) is 18.6 Å². The number of aromatic amines is 1. The van der Waals surface area contributed by atoms with Gasteiger partial charge in [-0.2, -0.15) is 0 Å². The molecular weight excluding hydrogens is 222 g/mol. The van der Waals surface area contributed by atoms with Gasteiger partial charge in [0.2, 0.25) is 5.75 Å². The van der Waals surface area contributed by atoms with Crippen molar-refractivity contribution in [3.63, 3.8) is 0 Å². The SMILES string of the molecule is COc1c(N2CCCCC2C=O)nc[nH]c1=O. The van der Waals surface area contributed by atoms with Crippen LogP contribution in [0.2, 0.25) is 0 Å². The quantitative estimate of drug-likeness (QED) is 0.767. The number of piperidine rings is 1. The van der Waals surface area contributed by atoms with Crippen LogP contribution < -0.4 is 15.2 Å². The molecule has 6 nitrogen and oxygen atoms in total. The summed E-state index contributed by atoms with van der Waals surface area (Å²) in [5, 5.41) is 0. The number of hydrogen-bond acceptors (Lipinski definition) is 5. The van der Waals surface area contributed by atoms with Crippen molar-refractivity contribution in [2.24, 2.45) is 0 Å². The molecule has 0 saturated carbocycles. The van der Waals surface area contributed by atoms with E-state index in [9.17, 15) is 9.59 Å². The van der Waals surface area contributed by atoms with Crippen molar-refractivity contribution in [1.29, 1.82) is 0 Å². The molecule has 0 radical (unpaired) electrons. The summed E-state index contributed by atoms with van der Waals surface area (Å²) in [6, 6.07) is -0.216. The van der Waals surface area contributed by atoms with Gasteiger partial charge >= 0.3 is 0 Å². The second-order valence-corrected chi connectivity index (χ2v) is 3.98. The van der Waals surface area contributed by atoms with Gasteiger partial charge in [-0.15, -0.1) is 0 Å². The van der Waals surface area contributed by atoms with E-state index in [2.05, 4.69) is 9.97 Å². The Labute approximate surface area is 98.6 Å². The van der Waals surface area contributed by atoms with Gasteiger partial charge in [-0.25, -0.2) is 4.98 Å². The molecule has 1 aliphatic heterocycles. The molecule has 0 bridgehead atoms. The van der Waals surface area contributed by atoms with Crippen molar-refractivity contribution in [3.8, 4) is 5.75 Å². The van der Waals surface area contributed by atoms with Gasteiger partial charge in [-0.1, -0.05) is 0 Å². The molecule has 2 rings (SSSR count). The lowest BCUT2D eigenvalue weighted by Gasteiger charge is -2.33. The minimum atomic E-state index is -0.326. The number of nitrogens with zero attached hydrogens (tertiary/aromatic N) is 2. The van der Waals surface area contributed by atoms with Gasteiger partial charge in [0.1, 0.15) is 6.29 Å². The van der Waals surface area contributed by atoms with E-state index >= 15 is 0 Å². The Hall–Kier alpha value is -1.85. The lowest BCUT2D eigenvalue weighted by molar-refractivity contribution is -0.109. The second-order valence-electron chi connectivity index (χ2n) is 3.98. The maximum atomic E-state index is 11.6. The molecule has 0 amide bonds. The summed E-state index contributed by atoms with van der Waals surface area (Å²) >= 11 is 0. The van der Waals surface area contributed by atoms with Crippen molar-refractivity contribution >= 4 is 12.1 Å². The third-order valence-corrected chi connectivity index (χ3v) is 2.97. The van der Waals surface area contributed by atoms with Crippen LogP contribution >= 0.6 is 0 Å². The summed E-state index contributed by atoms with van der Waals surface area (Å²) in [5.41, 5.74) is -0.326. The maximum Gasteiger partial charge on any atom is 0.295 e. The molecule has 1 atom stereocenters. The largest absolute Gasteiger partial charge is 0.489 e. The van der Waals surface area contributed by atoms with E-state index in [0.717, 1.165) is 32.1 Å². The van der Waals surface area contributed by atoms with Crippen LogP contribution in [0.3, 0.4) is 0 Å². The lowest BCUT2D eigenvalue weighted by atomic mass is 10.0. The normalized spacial score (nSPS) is 20.1. The highest BCUT2D eigenvalue weighted by atomic mass is 16.5. The number of ether oxygens (including phenoxy) is 1. The minimum Gasteiger partial charge on any atom is -0.489 e. The van der Waals surface area contributed by atoms with Crippen molar-refractivity contribution < 1.29 is 9.53 Å². The zero-order valence-corrected chi connectivity index (χ0v) is 9.68. The third-order valence-electron chi connectivity index (χ3n) is 2.97. The van der Waals surface area contributed by atoms with Crippen LogP contribution in [0.5, 0.6) is 5.75 Å². The molecular formula is C11H15N3O3. The number of carbonyl (C=O) groups excluding carboxylic acids is 1. The fourth-order valence-corrected chi connectivity index (χ4v) is 2.13. The van der Waals surface area contributed by atoms with Crippen LogP contribution in [-0.2, 0) is 4.79 Å². The molecule has 92 valence electrons. The fraction of sp³-hybridized carbons (Fsp3) is 0.545. The molecule has 1 fully saturated rings. The van der Waals surface area contributed by atoms with Gasteiger partial charge in [-0.05, 0) is 19.3 Å². The Morgan fingerprint density at radius 2 is 2.41 bits per heavy atom. The Kier molecular flexibility index (Phi) is 3.41. The van der Waals surface area contributed by atoms with Crippen molar-refractivity contribution in [1.82, 2.24) is 9.97 Å². The first-order valence-electron chi connectivity index (χ1n) is 5.61. The average Bonchev–Trinajstić information content (AvgIpc) is 2.38. The molecule has 1 aliphatic rings. The van der Waals surface area contributed by atoms with E-state index in [1.165, 1.54) is 13.4 Å². The van der Waals surface area contributed by atoms with Gasteiger partial charge < -0.3 is 19.4 Å². The van der Waals surface area contributed by atoms with Gasteiger partial charge in [0.25, 0.3) is 5.56 Å². The lowest BCUT2D eigenvalue weighted by Crippen LogP contribution is -2.42. The van der Waals surface area contributed by atoms with E-state index in [-0.39, 0.29) is 17.4 Å². The predicted molar refractivity (Wildman–Crippen MR) is 62.5 cm³/mol. The monoisotopic (exact) mass is 237 g/mol. The Morgan fingerprint density at radius 1 is 1.59 bits per heavy atom. The fourth-order valence-electron chi connectivity index (χ4n) is 2.13. The number of aromatic nitrogens is 2. The highest BCUT2D eigenvalue weighted by Gasteiger charge is 2.26. The summed E-state index contributed by atoms with van der Waals surface area (Å²) in [7, 11) is 1.43. The van der Waals surface area contributed by atoms with Gasteiger partial charge in [-0.3, -0.25) is 4.79 Å². The predicted octanol–water partition coefficient (Wildman–Crippen LogP) is 0.336. The number of anilines is 1. The molecule has 0 aliphatic carbocycles. The van der Waals surface area contributed by atoms with E-state index in [1.54, 1.807) is 0 Å². The van der Waals surface area contributed by atoms with E-state index < -0.39 is 0 Å². The second kappa shape index (κ2) is 4.99. The minimum absolute atomic E-state index is 0.168. The summed E-state index contributed by atoms with van der Waals surface area (Å²) in [6.07, 6.45) is 5.03. The van der Waals surface area contributed by atoms with Crippen LogP contribution in [0.25, 0.3) is 0 Å². The molecule has 1 unspecified atom stereocenters. The number of H-pyrrole nitrogens is 1. The van der Waals surface area contributed by atoms with Gasteiger partial charge in [0.15, 0.2) is 5.82 Å². The highest BCUT2D eigenvalue weighted by Crippen LogP contribution is 2.27. The van der Waals surface area contributed by atoms with Crippen LogP contribution in [0.4, 0.5) is 5.82 Å². The summed E-state index contributed by atoms with van der Waals surface area (Å²) in [6.45, 7) is 0.718. The van der Waals surface area contributed by atoms with Crippen LogP contribution in [0.1, 0.15) is 19.3 Å². The van der Waals surface area contributed by atoms with E-state index in [4.69, 9.17) is 4.74 Å². The molecule has 1 aromatic heterocycles. The Morgan fingerprint density at radius 3 is 3.12 bits per heavy atom. The van der Waals surface area contributed by atoms with Crippen LogP contribution in [0, 0.1) is 0 Å². The summed E-state index contributed by atoms with van der Waals surface area (Å²) in [5.74, 6) is 0.620. The number of rotatable bonds is 3. The molecule has 6 heteroatoms. The molecule has 0 spiro atoms. The molecule has 0 aromatic carbocycles. The van der Waals surface area contributed by atoms with E-state index in [1.807, 2.05) is 4.90 Å². The number of methoxy groups -OCH3 is 1. The smallest absolute Gasteiger partial charge is 0.295 e. The first-order chi connectivity index (χ1) is 8.27. The first-order valence-corrected chi connectivity index (χ1v) is 5.61. The topological polar surface area (TPSA) is 75.3 Å². The van der Waals surface area contributed by atoms with Gasteiger partial charge in [0.05, 0.1) is 19.5 Å². The molecule has 1 saturated heterocycles. The summed E-state index contributed by atoms with van der Waals surface area (Å²) < 4.78 is 5.06. The standard InChI is InChI=1S/C11H15N3O3/c1-17-9-10(12-7-13-11(9)16)14-5-3-2-4-8(14)6-15/h6-8H,2-5H2,1H3,(H,12,13,16). The molecule has 1 N–H and O–H groups in total. The summed E-state index contributed by atoms with van der Waals surface area (Å²) in [4.78, 5) is 31.0. The number of aldehydes is 1. The third kappa shape index (κ3) is 2.15. The van der Waals surface area contributed by atoms with Crippen molar-refractivity contribution in [2.45, 2.75) is 25.3 Å². The zero-order chi connectivity index (χ0) is 12.3. The zero-order valence-electron chi connectivity index (χ0n) is 9.68. The van der Waals surface area contributed by atoms with Crippen molar-refractivity contribution in [3.05, 3.63) is 16.7 Å². The maximum absolute atomic E-state index is 11.6. The number of carbonyl (C=O) groups is 1. The van der Waals surface area contributed by atoms with Crippen LogP contribution in [-0.4, -0.2) is 36.0 Å². The number of nitrogens with one attached hydrogen (secondary N) is 1. The Balaban J connectivity index is 2.41. The molecule has 2 heterocycles. The average molecular weight is 237 g/mol. The number of hydrogen-bond donors (Lipinski definition) is 1. The molecule has 1 aromatic rings. The van der Waals surface area contributed by atoms with Gasteiger partial charge in [0, 0.05) is 6.54 Å². The highest BCUT2D eigenvalue weighted by molar-refractivity contribution is 5.67. The first kappa shape index (κ1) is 11.6. The Bertz CT molecular complexity index is 458. The van der Waals surface area contributed by atoms with Crippen LogP contribution in [0.15, 0.2) is 11.1 Å². The molecule has 17 heavy (non-hydrogen) atoms.